The number of pyridine rings is 2. The van der Waals surface area contributed by atoms with Crippen LogP contribution in [0.1, 0.15) is 52.6 Å². The molecule has 4 aromatic rings. The molecule has 2 aromatic heterocycles. The summed E-state index contributed by atoms with van der Waals surface area (Å²) >= 11 is 6.40. The first-order chi connectivity index (χ1) is 28.6. The van der Waals surface area contributed by atoms with Crippen LogP contribution < -0.4 is 20.1 Å². The maximum absolute atomic E-state index is 13.6. The Morgan fingerprint density at radius 3 is 3.00 bits per heavy atom. The zero-order chi connectivity index (χ0) is 48.4. The molecule has 210 valence electrons. The van der Waals surface area contributed by atoms with Crippen LogP contribution in [0.15, 0.2) is 66.6 Å². The molecule has 0 aliphatic rings. The summed E-state index contributed by atoms with van der Waals surface area (Å²) in [6.45, 7) is -13.0. The zero-order valence-electron chi connectivity index (χ0n) is 43.0. The summed E-state index contributed by atoms with van der Waals surface area (Å²) in [4.78, 5) is 21.8. The van der Waals surface area contributed by atoms with Gasteiger partial charge in [0.15, 0.2) is 1.41 Å². The van der Waals surface area contributed by atoms with E-state index >= 15 is 0 Å². The molecule has 1 amide bonds. The van der Waals surface area contributed by atoms with Crippen molar-refractivity contribution in [3.63, 3.8) is 0 Å². The van der Waals surface area contributed by atoms with Crippen molar-refractivity contribution in [3.8, 4) is 17.6 Å². The van der Waals surface area contributed by atoms with Crippen LogP contribution in [0.3, 0.4) is 0 Å². The van der Waals surface area contributed by atoms with Crippen molar-refractivity contribution >= 4 is 45.5 Å². The number of aromatic nitrogens is 2. The second kappa shape index (κ2) is 13.6. The van der Waals surface area contributed by atoms with E-state index in [0.29, 0.717) is 4.90 Å². The number of hydrogen-bond acceptors (Lipinski definition) is 8. The number of hydrogen-bond donors (Lipinski definition) is 2. The van der Waals surface area contributed by atoms with Gasteiger partial charge in [-0.2, -0.15) is 5.26 Å². The molecule has 0 radical (unpaired) electrons. The molecule has 0 saturated heterocycles. The van der Waals surface area contributed by atoms with Crippen LogP contribution in [0.4, 0.5) is 17.1 Å². The molecule has 0 spiro atoms. The SMILES string of the molecule is [2H]/C(CN(C)C([2H])([2H])[2H])=C(/[2H])C(=O)N([2H])c1c(OC([2H])([2H])C([2H])([2H])[2H])c([2H])c2nc([2H])c(C#N)c(Nc3c([2H])c([2H])c(OC([2H])([2H])c4nc(C)c([2H])c([2H])c4[2H])c(Cl)c3[2H])c2c1[2H]. The molecular formula is C31H31ClN6O3. The Bertz CT molecular complexity index is 2600. The third-order valence-electron chi connectivity index (χ3n) is 4.64. The summed E-state index contributed by atoms with van der Waals surface area (Å²) in [5.41, 5.74) is -5.63. The van der Waals surface area contributed by atoms with Gasteiger partial charge < -0.3 is 25.0 Å². The van der Waals surface area contributed by atoms with Gasteiger partial charge in [0.25, 0.3) is 0 Å². The van der Waals surface area contributed by atoms with Crippen molar-refractivity contribution in [2.45, 2.75) is 20.3 Å². The molecule has 0 aliphatic heterocycles. The molecule has 2 heterocycles. The number of amides is 1. The molecule has 10 heteroatoms. The highest BCUT2D eigenvalue weighted by molar-refractivity contribution is 6.32. The minimum Gasteiger partial charge on any atom is -0.492 e. The molecular weight excluding hydrogens is 540 g/mol. The van der Waals surface area contributed by atoms with Crippen molar-refractivity contribution in [3.05, 3.63) is 88.6 Å². The maximum Gasteiger partial charge on any atom is 0.248 e. The fourth-order valence-corrected chi connectivity index (χ4v) is 3.16. The average molecular weight is 593 g/mol. The Morgan fingerprint density at radius 2 is 2.20 bits per heavy atom. The molecule has 0 unspecified atom stereocenters. The summed E-state index contributed by atoms with van der Waals surface area (Å²) in [5.74, 6) is -4.15. The van der Waals surface area contributed by atoms with Crippen LogP contribution in [0.2, 0.25) is 6.43 Å². The number of benzene rings is 2. The van der Waals surface area contributed by atoms with Crippen molar-refractivity contribution < 1.29 is 44.5 Å². The number of rotatable bonds is 11. The van der Waals surface area contributed by atoms with Crippen LogP contribution in [0.25, 0.3) is 10.9 Å². The molecule has 2 aromatic carbocycles. The maximum atomic E-state index is 13.6. The Morgan fingerprint density at radius 1 is 1.32 bits per heavy atom. The Balaban J connectivity index is 2.05. The smallest absolute Gasteiger partial charge is 0.248 e. The number of nitrogens with one attached hydrogen (secondary N) is 2. The highest BCUT2D eigenvalue weighted by atomic mass is 35.5. The monoisotopic (exact) mass is 592 g/mol. The van der Waals surface area contributed by atoms with Crippen LogP contribution in [-0.2, 0) is 11.4 Å². The summed E-state index contributed by atoms with van der Waals surface area (Å²) < 4.78 is 190. The molecule has 0 atom stereocenters. The normalized spacial score (nSPS) is 20.6. The predicted molar refractivity (Wildman–Crippen MR) is 162 cm³/mol. The van der Waals surface area contributed by atoms with Crippen LogP contribution in [0, 0.1) is 18.3 Å². The van der Waals surface area contributed by atoms with Gasteiger partial charge in [0, 0.05) is 49.8 Å². The first-order valence-corrected chi connectivity index (χ1v) is 11.5. The molecule has 0 fully saturated rings. The minimum atomic E-state index is -3.76. The van der Waals surface area contributed by atoms with E-state index in [1.807, 2.05) is 0 Å². The number of nitriles is 1. The van der Waals surface area contributed by atoms with E-state index in [1.54, 1.807) is 6.07 Å². The van der Waals surface area contributed by atoms with E-state index < -0.39 is 162 Å². The second-order valence-electron chi connectivity index (χ2n) is 7.66. The highest BCUT2D eigenvalue weighted by Gasteiger charge is 2.16. The lowest BCUT2D eigenvalue weighted by Crippen LogP contribution is -2.13. The van der Waals surface area contributed by atoms with Gasteiger partial charge in [-0.1, -0.05) is 23.7 Å². The van der Waals surface area contributed by atoms with Gasteiger partial charge in [-0.3, -0.25) is 14.8 Å². The van der Waals surface area contributed by atoms with Crippen molar-refractivity contribution in [2.24, 2.45) is 0 Å². The first-order valence-electron chi connectivity index (χ1n) is 22.1. The van der Waals surface area contributed by atoms with Gasteiger partial charge in [-0.05, 0) is 64.1 Å². The quantitative estimate of drug-likeness (QED) is 0.197. The van der Waals surface area contributed by atoms with Gasteiger partial charge in [0.05, 0.1) is 60.3 Å². The topological polar surface area (TPSA) is 112 Å². The second-order valence-corrected chi connectivity index (χ2v) is 8.04. The van der Waals surface area contributed by atoms with E-state index in [0.717, 1.165) is 7.05 Å². The summed E-state index contributed by atoms with van der Waals surface area (Å²) in [6, 6.07) is -8.37. The molecule has 0 bridgehead atoms. The van der Waals surface area contributed by atoms with Gasteiger partial charge in [0.2, 0.25) is 5.91 Å². The number of nitrogens with zero attached hydrogens (tertiary/aromatic N) is 4. The molecule has 4 rings (SSSR count). The third-order valence-corrected chi connectivity index (χ3v) is 4.90. The lowest BCUT2D eigenvalue weighted by molar-refractivity contribution is -0.111. The third kappa shape index (κ3) is 7.72. The molecule has 0 aliphatic carbocycles. The van der Waals surface area contributed by atoms with Gasteiger partial charge in [0.1, 0.15) is 24.1 Å². The highest BCUT2D eigenvalue weighted by Crippen LogP contribution is 2.37. The fraction of sp³-hybridized carbons (Fsp3) is 0.226. The number of anilines is 3. The van der Waals surface area contributed by atoms with Gasteiger partial charge in [-0.25, -0.2) is 0 Å². The lowest BCUT2D eigenvalue weighted by Gasteiger charge is -2.16. The molecule has 0 saturated carbocycles. The minimum absolute atomic E-state index is 0.166. The van der Waals surface area contributed by atoms with Crippen molar-refractivity contribution in [1.29, 1.82) is 5.26 Å². The number of likely N-dealkylation sites (N-methyl/N-ethyl adjacent to an activating group) is 1. The first kappa shape index (κ1) is 12.1. The van der Waals surface area contributed by atoms with Gasteiger partial charge >= 0.3 is 0 Å². The molecule has 2 N–H and O–H groups in total. The number of carbonyl (C=O) groups excluding carboxylic acids is 1. The number of fused-ring (bicyclic) bond motifs is 1. The lowest BCUT2D eigenvalue weighted by atomic mass is 10.1. The zero-order valence-corrected chi connectivity index (χ0v) is 21.8. The van der Waals surface area contributed by atoms with E-state index in [2.05, 4.69) is 15.3 Å². The predicted octanol–water partition coefficient (Wildman–Crippen LogP) is 6.24. The number of halogens is 1. The van der Waals surface area contributed by atoms with Gasteiger partial charge in [-0.15, -0.1) is 0 Å². The standard InChI is InChI=1S/C31H31ClN6O3/c1-5-40-29-16-26-24(15-27(29)37-30(39)10-7-13-38(3)4)31(21(17-33)18-34-26)36-22-11-12-28(25(32)14-22)41-19-23-9-6-8-20(2)35-23/h6-12,14-16,18H,5,13,19H2,1-4H3,(H,34,36)(H,37,39)/b10-7+/i1D3,3D3,5D2,6D,7D,8D,9D,10D,11D,12D,14D,15D,16D,18D,19D2/hD. The fourth-order valence-electron chi connectivity index (χ4n) is 2.98. The Kier molecular flexibility index (Phi) is 4.01. The van der Waals surface area contributed by atoms with Crippen LogP contribution >= 0.6 is 11.6 Å². The summed E-state index contributed by atoms with van der Waals surface area (Å²) in [7, 11) is 1.02. The Hall–Kier alpha value is -4.65. The van der Waals surface area contributed by atoms with Crippen LogP contribution in [0.5, 0.6) is 11.5 Å². The number of aryl methyl sites for hydroxylation is 1. The van der Waals surface area contributed by atoms with E-state index in [1.165, 1.54) is 6.92 Å². The molecule has 41 heavy (non-hydrogen) atoms. The largest absolute Gasteiger partial charge is 0.492 e. The van der Waals surface area contributed by atoms with Crippen molar-refractivity contribution in [2.75, 3.05) is 37.8 Å². The summed E-state index contributed by atoms with van der Waals surface area (Å²) in [5, 5.41) is 10.5. The van der Waals surface area contributed by atoms with E-state index in [9.17, 15) is 10.1 Å². The number of ether oxygens (including phenoxy) is 2. The Labute approximate surface area is 275 Å². The number of carbonyl (C=O) groups is 1. The average Bonchev–Trinajstić information content (AvgIpc) is 3.17. The molecule has 9 nitrogen and oxygen atoms in total. The summed E-state index contributed by atoms with van der Waals surface area (Å²) in [6.07, 6.45) is -1.00. The van der Waals surface area contributed by atoms with Crippen LogP contribution in [-0.4, -0.2) is 47.9 Å². The van der Waals surface area contributed by atoms with E-state index in [4.69, 9.17) is 51.3 Å². The van der Waals surface area contributed by atoms with Crippen molar-refractivity contribution in [1.82, 2.24) is 14.9 Å². The van der Waals surface area contributed by atoms with E-state index in [-0.39, 0.29) is 11.0 Å².